The number of carbonyl (C=O) groups excluding carboxylic acids is 1. The zero-order chi connectivity index (χ0) is 23.3. The molecule has 1 saturated heterocycles. The molecule has 2 aromatic carbocycles. The number of amides is 1. The van der Waals surface area contributed by atoms with Crippen molar-refractivity contribution in [1.29, 1.82) is 0 Å². The first kappa shape index (κ1) is 24.2. The fraction of sp³-hybridized carbons (Fsp3) is 0.458. The predicted octanol–water partition coefficient (Wildman–Crippen LogP) is 4.14. The number of benzene rings is 2. The summed E-state index contributed by atoms with van der Waals surface area (Å²) in [5.41, 5.74) is 0.986. The van der Waals surface area contributed by atoms with E-state index in [0.29, 0.717) is 25.3 Å². The molecule has 1 aliphatic rings. The first-order valence-corrected chi connectivity index (χ1v) is 12.3. The van der Waals surface area contributed by atoms with E-state index < -0.39 is 21.8 Å². The average Bonchev–Trinajstić information content (AvgIpc) is 2.78. The number of sulfonamides is 1. The summed E-state index contributed by atoms with van der Waals surface area (Å²) in [5, 5.41) is 3.14. The number of piperidine rings is 1. The summed E-state index contributed by atoms with van der Waals surface area (Å²) in [4.78, 5) is 13.2. The molecule has 3 rings (SSSR count). The number of carbonyl (C=O) groups is 1. The van der Waals surface area contributed by atoms with E-state index in [1.54, 1.807) is 7.11 Å². The molecule has 0 unspecified atom stereocenters. The van der Waals surface area contributed by atoms with Gasteiger partial charge >= 0.3 is 0 Å². The summed E-state index contributed by atoms with van der Waals surface area (Å²) in [6, 6.07) is 12.2. The van der Waals surface area contributed by atoms with E-state index in [1.165, 1.54) is 16.4 Å². The maximum Gasteiger partial charge on any atom is 0.243 e. The van der Waals surface area contributed by atoms with Crippen LogP contribution in [0.2, 0.25) is 0 Å². The molecule has 174 valence electrons. The molecule has 1 heterocycles. The van der Waals surface area contributed by atoms with Gasteiger partial charge in [0.15, 0.2) is 0 Å². The Hall–Kier alpha value is -2.45. The number of ether oxygens (including phenoxy) is 1. The highest BCUT2D eigenvalue weighted by molar-refractivity contribution is 7.89. The molecule has 1 fully saturated rings. The van der Waals surface area contributed by atoms with Gasteiger partial charge in [0.2, 0.25) is 15.9 Å². The van der Waals surface area contributed by atoms with Crippen molar-refractivity contribution in [1.82, 2.24) is 9.62 Å². The lowest BCUT2D eigenvalue weighted by atomic mass is 9.94. The number of nitrogens with zero attached hydrogens (tertiary/aromatic N) is 1. The Bertz CT molecular complexity index is 1010. The van der Waals surface area contributed by atoms with Crippen LogP contribution >= 0.6 is 0 Å². The highest BCUT2D eigenvalue weighted by Crippen LogP contribution is 2.27. The molecule has 0 bridgehead atoms. The third-order valence-corrected chi connectivity index (χ3v) is 7.63. The normalized spacial score (nSPS) is 18.3. The Morgan fingerprint density at radius 2 is 1.81 bits per heavy atom. The molecular weight excluding hydrogens is 431 g/mol. The largest absolute Gasteiger partial charge is 0.497 e. The number of nitrogens with one attached hydrogen (secondary N) is 1. The van der Waals surface area contributed by atoms with Crippen molar-refractivity contribution >= 4 is 15.9 Å². The van der Waals surface area contributed by atoms with Gasteiger partial charge in [0, 0.05) is 13.1 Å². The van der Waals surface area contributed by atoms with E-state index in [-0.39, 0.29) is 23.4 Å². The maximum absolute atomic E-state index is 13.2. The van der Waals surface area contributed by atoms with E-state index >= 15 is 0 Å². The second-order valence-corrected chi connectivity index (χ2v) is 10.6. The van der Waals surface area contributed by atoms with Gasteiger partial charge in [0.25, 0.3) is 0 Å². The molecule has 32 heavy (non-hydrogen) atoms. The monoisotopic (exact) mass is 462 g/mol. The lowest BCUT2D eigenvalue weighted by Crippen LogP contribution is -2.46. The third kappa shape index (κ3) is 5.86. The second-order valence-electron chi connectivity index (χ2n) is 8.62. The first-order valence-electron chi connectivity index (χ1n) is 10.9. The second kappa shape index (κ2) is 10.4. The molecule has 1 aliphatic heterocycles. The Labute approximate surface area is 189 Å². The van der Waals surface area contributed by atoms with Crippen LogP contribution in [0, 0.1) is 17.7 Å². The number of rotatable bonds is 8. The molecule has 1 amide bonds. The Morgan fingerprint density at radius 1 is 1.16 bits per heavy atom. The standard InChI is InChI=1S/C24H31FN2O4S/c1-17(2)15-23(18-6-10-21(31-3)11-7-18)26-24(28)19-5-4-14-27(16-19)32(29,30)22-12-8-20(25)9-13-22/h6-13,17,19,23H,4-5,14-16H2,1-3H3,(H,26,28)/t19-,23+/m0/s1. The molecule has 0 spiro atoms. The van der Waals surface area contributed by atoms with Crippen LogP contribution in [0.4, 0.5) is 4.39 Å². The summed E-state index contributed by atoms with van der Waals surface area (Å²) in [7, 11) is -2.17. The molecule has 0 aliphatic carbocycles. The summed E-state index contributed by atoms with van der Waals surface area (Å²) < 4.78 is 45.7. The zero-order valence-corrected chi connectivity index (χ0v) is 19.6. The smallest absolute Gasteiger partial charge is 0.243 e. The Morgan fingerprint density at radius 3 is 2.41 bits per heavy atom. The number of hydrogen-bond acceptors (Lipinski definition) is 4. The fourth-order valence-electron chi connectivity index (χ4n) is 4.01. The SMILES string of the molecule is COc1ccc([C@@H](CC(C)C)NC(=O)[C@H]2CCCN(S(=O)(=O)c3ccc(F)cc3)C2)cc1. The van der Waals surface area contributed by atoms with Crippen molar-refractivity contribution in [2.75, 3.05) is 20.2 Å². The van der Waals surface area contributed by atoms with Gasteiger partial charge in [-0.1, -0.05) is 26.0 Å². The minimum absolute atomic E-state index is 0.0378. The van der Waals surface area contributed by atoms with Crippen LogP contribution in [-0.2, 0) is 14.8 Å². The van der Waals surface area contributed by atoms with Crippen LogP contribution in [0.3, 0.4) is 0 Å². The molecule has 6 nitrogen and oxygen atoms in total. The molecule has 0 aromatic heterocycles. The van der Waals surface area contributed by atoms with E-state index in [9.17, 15) is 17.6 Å². The molecule has 1 N–H and O–H groups in total. The highest BCUT2D eigenvalue weighted by atomic mass is 32.2. The van der Waals surface area contributed by atoms with Gasteiger partial charge in [0.1, 0.15) is 11.6 Å². The average molecular weight is 463 g/mol. The minimum atomic E-state index is -3.78. The summed E-state index contributed by atoms with van der Waals surface area (Å²) in [5.74, 6) is 0.0355. The van der Waals surface area contributed by atoms with Crippen molar-refractivity contribution in [3.05, 3.63) is 59.9 Å². The van der Waals surface area contributed by atoms with Crippen LogP contribution < -0.4 is 10.1 Å². The van der Waals surface area contributed by atoms with Crippen LogP contribution in [0.5, 0.6) is 5.75 Å². The van der Waals surface area contributed by atoms with Crippen molar-refractivity contribution in [3.63, 3.8) is 0 Å². The van der Waals surface area contributed by atoms with Crippen molar-refractivity contribution in [3.8, 4) is 5.75 Å². The van der Waals surface area contributed by atoms with Gasteiger partial charge in [-0.15, -0.1) is 0 Å². The quantitative estimate of drug-likeness (QED) is 0.640. The van der Waals surface area contributed by atoms with Gasteiger partial charge < -0.3 is 10.1 Å². The van der Waals surface area contributed by atoms with E-state index in [2.05, 4.69) is 19.2 Å². The third-order valence-electron chi connectivity index (χ3n) is 5.75. The lowest BCUT2D eigenvalue weighted by Gasteiger charge is -2.32. The molecule has 0 radical (unpaired) electrons. The molecular formula is C24H31FN2O4S. The lowest BCUT2D eigenvalue weighted by molar-refractivity contribution is -0.127. The predicted molar refractivity (Wildman–Crippen MR) is 121 cm³/mol. The summed E-state index contributed by atoms with van der Waals surface area (Å²) in [6.07, 6.45) is 1.98. The van der Waals surface area contributed by atoms with Gasteiger partial charge in [-0.3, -0.25) is 4.79 Å². The zero-order valence-electron chi connectivity index (χ0n) is 18.8. The van der Waals surface area contributed by atoms with E-state index in [4.69, 9.17) is 4.74 Å². The van der Waals surface area contributed by atoms with E-state index in [1.807, 2.05) is 24.3 Å². The number of halogens is 1. The van der Waals surface area contributed by atoms with Gasteiger partial charge in [0.05, 0.1) is 24.0 Å². The first-order chi connectivity index (χ1) is 15.2. The van der Waals surface area contributed by atoms with Crippen molar-refractivity contribution < 1.29 is 22.3 Å². The molecule has 2 atom stereocenters. The number of hydrogen-bond donors (Lipinski definition) is 1. The highest BCUT2D eigenvalue weighted by Gasteiger charge is 2.34. The summed E-state index contributed by atoms with van der Waals surface area (Å²) in [6.45, 7) is 4.65. The van der Waals surface area contributed by atoms with Crippen LogP contribution in [0.1, 0.15) is 44.7 Å². The molecule has 2 aromatic rings. The van der Waals surface area contributed by atoms with Crippen molar-refractivity contribution in [2.24, 2.45) is 11.8 Å². The minimum Gasteiger partial charge on any atom is -0.497 e. The summed E-state index contributed by atoms with van der Waals surface area (Å²) >= 11 is 0. The van der Waals surface area contributed by atoms with Gasteiger partial charge in [-0.25, -0.2) is 12.8 Å². The van der Waals surface area contributed by atoms with Gasteiger partial charge in [-0.05, 0) is 67.1 Å². The van der Waals surface area contributed by atoms with Crippen LogP contribution in [0.25, 0.3) is 0 Å². The molecule has 0 saturated carbocycles. The topological polar surface area (TPSA) is 75.7 Å². The van der Waals surface area contributed by atoms with Crippen LogP contribution in [-0.4, -0.2) is 38.8 Å². The number of methoxy groups -OCH3 is 1. The maximum atomic E-state index is 13.2. The Kier molecular flexibility index (Phi) is 7.90. The fourth-order valence-corrected chi connectivity index (χ4v) is 5.53. The van der Waals surface area contributed by atoms with Crippen LogP contribution in [0.15, 0.2) is 53.4 Å². The van der Waals surface area contributed by atoms with E-state index in [0.717, 1.165) is 29.9 Å². The van der Waals surface area contributed by atoms with Crippen molar-refractivity contribution in [2.45, 2.75) is 44.0 Å². The molecule has 8 heteroatoms. The van der Waals surface area contributed by atoms with Gasteiger partial charge in [-0.2, -0.15) is 4.31 Å². The Balaban J connectivity index is 1.72.